The third-order valence-corrected chi connectivity index (χ3v) is 3.18. The summed E-state index contributed by atoms with van der Waals surface area (Å²) in [7, 11) is 0. The van der Waals surface area contributed by atoms with Crippen LogP contribution in [0.25, 0.3) is 0 Å². The van der Waals surface area contributed by atoms with E-state index < -0.39 is 0 Å². The molecular weight excluding hydrogens is 342 g/mol. The first-order valence-electron chi connectivity index (χ1n) is 6.14. The topological polar surface area (TPSA) is 44.5 Å². The molecule has 0 saturated heterocycles. The summed E-state index contributed by atoms with van der Waals surface area (Å²) in [5.41, 5.74) is 6.43. The fourth-order valence-electron chi connectivity index (χ4n) is 1.68. The van der Waals surface area contributed by atoms with E-state index in [0.29, 0.717) is 28.0 Å². The zero-order valence-corrected chi connectivity index (χ0v) is 13.5. The van der Waals surface area contributed by atoms with Gasteiger partial charge in [0.1, 0.15) is 17.2 Å². The lowest BCUT2D eigenvalue weighted by atomic mass is 10.2. The highest BCUT2D eigenvalue weighted by Gasteiger charge is 2.07. The summed E-state index contributed by atoms with van der Waals surface area (Å²) >= 11 is 9.48. The molecule has 0 radical (unpaired) electrons. The molecule has 0 unspecified atom stereocenters. The van der Waals surface area contributed by atoms with Gasteiger partial charge < -0.3 is 15.2 Å². The smallest absolute Gasteiger partial charge is 0.146 e. The van der Waals surface area contributed by atoms with Crippen molar-refractivity contribution in [2.24, 2.45) is 0 Å². The van der Waals surface area contributed by atoms with Gasteiger partial charge in [0.2, 0.25) is 0 Å². The molecule has 2 aromatic carbocycles. The van der Waals surface area contributed by atoms with Crippen LogP contribution in [0.5, 0.6) is 17.2 Å². The summed E-state index contributed by atoms with van der Waals surface area (Å²) < 4.78 is 12.3. The number of anilines is 1. The molecule has 0 amide bonds. The SMILES string of the molecule is CC(C)Oc1cc(N)cc(Oc2ccc(Br)cc2Cl)c1. The van der Waals surface area contributed by atoms with Crippen molar-refractivity contribution in [2.75, 3.05) is 5.73 Å². The Kier molecular flexibility index (Phi) is 4.78. The van der Waals surface area contributed by atoms with Crippen LogP contribution in [0.2, 0.25) is 5.02 Å². The van der Waals surface area contributed by atoms with Crippen molar-refractivity contribution < 1.29 is 9.47 Å². The second-order valence-electron chi connectivity index (χ2n) is 4.58. The van der Waals surface area contributed by atoms with E-state index in [1.807, 2.05) is 19.9 Å². The summed E-state index contributed by atoms with van der Waals surface area (Å²) in [5, 5.41) is 0.521. The minimum absolute atomic E-state index is 0.0703. The highest BCUT2D eigenvalue weighted by molar-refractivity contribution is 9.10. The minimum atomic E-state index is 0.0703. The summed E-state index contributed by atoms with van der Waals surface area (Å²) in [4.78, 5) is 0. The molecule has 0 aliphatic carbocycles. The molecule has 0 aliphatic heterocycles. The maximum Gasteiger partial charge on any atom is 0.146 e. The predicted molar refractivity (Wildman–Crippen MR) is 85.8 cm³/mol. The fraction of sp³-hybridized carbons (Fsp3) is 0.200. The van der Waals surface area contributed by atoms with Crippen LogP contribution in [0.3, 0.4) is 0 Å². The lowest BCUT2D eigenvalue weighted by Crippen LogP contribution is -2.05. The maximum atomic E-state index is 6.13. The molecule has 2 rings (SSSR count). The quantitative estimate of drug-likeness (QED) is 0.760. The van der Waals surface area contributed by atoms with Crippen molar-refractivity contribution >= 4 is 33.2 Å². The number of nitrogens with two attached hydrogens (primary N) is 1. The molecule has 0 heterocycles. The zero-order chi connectivity index (χ0) is 14.7. The number of hydrogen-bond acceptors (Lipinski definition) is 3. The Morgan fingerprint density at radius 3 is 2.45 bits per heavy atom. The monoisotopic (exact) mass is 355 g/mol. The summed E-state index contributed by atoms with van der Waals surface area (Å²) in [5.74, 6) is 1.82. The largest absolute Gasteiger partial charge is 0.491 e. The van der Waals surface area contributed by atoms with Crippen LogP contribution < -0.4 is 15.2 Å². The van der Waals surface area contributed by atoms with E-state index >= 15 is 0 Å². The number of halogens is 2. The average Bonchev–Trinajstić information content (AvgIpc) is 2.31. The molecule has 106 valence electrons. The van der Waals surface area contributed by atoms with Gasteiger partial charge >= 0.3 is 0 Å². The first-order chi connectivity index (χ1) is 9.44. The van der Waals surface area contributed by atoms with E-state index in [9.17, 15) is 0 Å². The van der Waals surface area contributed by atoms with Crippen molar-refractivity contribution in [2.45, 2.75) is 20.0 Å². The van der Waals surface area contributed by atoms with E-state index in [0.717, 1.165) is 4.47 Å². The van der Waals surface area contributed by atoms with E-state index in [2.05, 4.69) is 15.9 Å². The Morgan fingerprint density at radius 2 is 1.80 bits per heavy atom. The average molecular weight is 357 g/mol. The van der Waals surface area contributed by atoms with Gasteiger partial charge in [0, 0.05) is 28.4 Å². The third kappa shape index (κ3) is 4.05. The standard InChI is InChI=1S/C15H15BrClNO2/c1-9(2)19-12-6-11(18)7-13(8-12)20-15-4-3-10(16)5-14(15)17/h3-9H,18H2,1-2H3. The van der Waals surface area contributed by atoms with Crippen LogP contribution in [-0.2, 0) is 0 Å². The number of benzene rings is 2. The molecule has 0 saturated carbocycles. The van der Waals surface area contributed by atoms with Crippen LogP contribution in [0.4, 0.5) is 5.69 Å². The van der Waals surface area contributed by atoms with Crippen LogP contribution >= 0.6 is 27.5 Å². The molecule has 0 spiro atoms. The van der Waals surface area contributed by atoms with Gasteiger partial charge in [-0.2, -0.15) is 0 Å². The first kappa shape index (κ1) is 15.0. The first-order valence-corrected chi connectivity index (χ1v) is 7.31. The Hall–Kier alpha value is -1.39. The van der Waals surface area contributed by atoms with Gasteiger partial charge in [-0.25, -0.2) is 0 Å². The number of hydrogen-bond donors (Lipinski definition) is 1. The van der Waals surface area contributed by atoms with E-state index in [-0.39, 0.29) is 6.10 Å². The van der Waals surface area contributed by atoms with Crippen LogP contribution in [0, 0.1) is 0 Å². The predicted octanol–water partition coefficient (Wildman–Crippen LogP) is 5.26. The van der Waals surface area contributed by atoms with Crippen LogP contribution in [0.1, 0.15) is 13.8 Å². The van der Waals surface area contributed by atoms with Gasteiger partial charge in [0.25, 0.3) is 0 Å². The molecule has 2 N–H and O–H groups in total. The number of ether oxygens (including phenoxy) is 2. The number of nitrogen functional groups attached to an aromatic ring is 1. The summed E-state index contributed by atoms with van der Waals surface area (Å²) in [6.45, 7) is 3.91. The molecule has 0 aliphatic rings. The Morgan fingerprint density at radius 1 is 1.10 bits per heavy atom. The van der Waals surface area contributed by atoms with Crippen LogP contribution in [-0.4, -0.2) is 6.10 Å². The molecule has 0 atom stereocenters. The van der Waals surface area contributed by atoms with E-state index in [1.54, 1.807) is 30.3 Å². The molecule has 5 heteroatoms. The maximum absolute atomic E-state index is 6.13. The van der Waals surface area contributed by atoms with Crippen LogP contribution in [0.15, 0.2) is 40.9 Å². The third-order valence-electron chi connectivity index (χ3n) is 2.40. The zero-order valence-electron chi connectivity index (χ0n) is 11.2. The molecule has 2 aromatic rings. The van der Waals surface area contributed by atoms with Crippen molar-refractivity contribution in [3.8, 4) is 17.2 Å². The minimum Gasteiger partial charge on any atom is -0.491 e. The van der Waals surface area contributed by atoms with Gasteiger partial charge in [-0.15, -0.1) is 0 Å². The highest BCUT2D eigenvalue weighted by Crippen LogP contribution is 2.34. The molecule has 0 bridgehead atoms. The highest BCUT2D eigenvalue weighted by atomic mass is 79.9. The second kappa shape index (κ2) is 6.37. The van der Waals surface area contributed by atoms with Crippen molar-refractivity contribution in [1.29, 1.82) is 0 Å². The van der Waals surface area contributed by atoms with E-state index in [4.69, 9.17) is 26.8 Å². The molecule has 3 nitrogen and oxygen atoms in total. The Balaban J connectivity index is 2.26. The van der Waals surface area contributed by atoms with Crippen molar-refractivity contribution in [1.82, 2.24) is 0 Å². The molecular formula is C15H15BrClNO2. The number of rotatable bonds is 4. The molecule has 20 heavy (non-hydrogen) atoms. The van der Waals surface area contributed by atoms with E-state index in [1.165, 1.54) is 0 Å². The Labute approximate surface area is 131 Å². The summed E-state index contributed by atoms with van der Waals surface area (Å²) in [6, 6.07) is 10.7. The van der Waals surface area contributed by atoms with Crippen molar-refractivity contribution in [3.05, 3.63) is 45.9 Å². The normalized spacial score (nSPS) is 10.7. The lowest BCUT2D eigenvalue weighted by Gasteiger charge is -2.13. The van der Waals surface area contributed by atoms with Crippen molar-refractivity contribution in [3.63, 3.8) is 0 Å². The fourth-order valence-corrected chi connectivity index (χ4v) is 2.39. The molecule has 0 aromatic heterocycles. The lowest BCUT2D eigenvalue weighted by molar-refractivity contribution is 0.242. The second-order valence-corrected chi connectivity index (χ2v) is 5.90. The Bertz CT molecular complexity index is 617. The van der Waals surface area contributed by atoms with Gasteiger partial charge in [0.05, 0.1) is 11.1 Å². The molecule has 0 fully saturated rings. The van der Waals surface area contributed by atoms with Gasteiger partial charge in [-0.1, -0.05) is 27.5 Å². The van der Waals surface area contributed by atoms with Gasteiger partial charge in [-0.05, 0) is 32.0 Å². The van der Waals surface area contributed by atoms with Gasteiger partial charge in [0.15, 0.2) is 0 Å². The van der Waals surface area contributed by atoms with Gasteiger partial charge in [-0.3, -0.25) is 0 Å². The summed E-state index contributed by atoms with van der Waals surface area (Å²) in [6.07, 6.45) is 0.0703.